The summed E-state index contributed by atoms with van der Waals surface area (Å²) in [6, 6.07) is 12.4. The number of nitrogens with one attached hydrogen (secondary N) is 3. The molecule has 3 N–H and O–H groups in total. The number of H-pyrrole nitrogens is 1. The Morgan fingerprint density at radius 2 is 1.96 bits per heavy atom. The lowest BCUT2D eigenvalue weighted by Crippen LogP contribution is -2.22. The minimum atomic E-state index is -0.0375. The van der Waals surface area contributed by atoms with Crippen LogP contribution in [0.5, 0.6) is 0 Å². The van der Waals surface area contributed by atoms with Gasteiger partial charge in [-0.05, 0) is 36.6 Å². The molecule has 0 aliphatic heterocycles. The summed E-state index contributed by atoms with van der Waals surface area (Å²) >= 11 is 0. The largest absolute Gasteiger partial charge is 0.367 e. The number of fused-ring (bicyclic) bond motifs is 1. The lowest BCUT2D eigenvalue weighted by Gasteiger charge is -2.23. The Morgan fingerprint density at radius 3 is 2.77 bits per heavy atom. The number of amides is 1. The molecule has 26 heavy (non-hydrogen) atoms. The van der Waals surface area contributed by atoms with Crippen LogP contribution < -0.4 is 10.6 Å². The molecule has 0 unspecified atom stereocenters. The van der Waals surface area contributed by atoms with Crippen molar-refractivity contribution < 1.29 is 4.79 Å². The van der Waals surface area contributed by atoms with Gasteiger partial charge in [0, 0.05) is 23.1 Å². The lowest BCUT2D eigenvalue weighted by atomic mass is 9.95. The normalized spacial score (nSPS) is 15.1. The molecule has 0 bridgehead atoms. The second kappa shape index (κ2) is 7.60. The fourth-order valence-electron chi connectivity index (χ4n) is 3.67. The molecule has 1 fully saturated rings. The van der Waals surface area contributed by atoms with Crippen LogP contribution >= 0.6 is 0 Å². The number of carbonyl (C=O) groups is 1. The predicted octanol–water partition coefficient (Wildman–Crippen LogP) is 4.49. The lowest BCUT2D eigenvalue weighted by molar-refractivity contribution is -0.115. The number of aromatic nitrogens is 2. The molecule has 2 aromatic heterocycles. The number of carbonyl (C=O) groups excluding carboxylic acids is 1. The number of hydrogen-bond donors (Lipinski definition) is 3. The van der Waals surface area contributed by atoms with Gasteiger partial charge >= 0.3 is 0 Å². The summed E-state index contributed by atoms with van der Waals surface area (Å²) in [7, 11) is 0. The second-order valence-electron chi connectivity index (χ2n) is 7.00. The number of rotatable bonds is 5. The summed E-state index contributed by atoms with van der Waals surface area (Å²) in [5.74, 6) is 0.844. The average Bonchev–Trinajstić information content (AvgIpc) is 3.07. The van der Waals surface area contributed by atoms with E-state index in [2.05, 4.69) is 20.6 Å². The van der Waals surface area contributed by atoms with Gasteiger partial charge in [-0.2, -0.15) is 0 Å². The Kier molecular flexibility index (Phi) is 4.86. The molecule has 1 aromatic carbocycles. The van der Waals surface area contributed by atoms with Crippen molar-refractivity contribution in [2.24, 2.45) is 0 Å². The molecule has 0 spiro atoms. The number of aromatic amines is 1. The maximum absolute atomic E-state index is 12.4. The summed E-state index contributed by atoms with van der Waals surface area (Å²) in [6.45, 7) is 0. The van der Waals surface area contributed by atoms with E-state index in [1.165, 1.54) is 32.1 Å². The van der Waals surface area contributed by atoms with Crippen molar-refractivity contribution >= 4 is 28.3 Å². The SMILES string of the molecule is O=C(Cc1c[nH]c2ccccc12)Nc1ccc(NC2CCCCC2)nc1. The number of anilines is 2. The monoisotopic (exact) mass is 348 g/mol. The molecule has 1 amide bonds. The molecule has 1 aliphatic carbocycles. The molecule has 0 atom stereocenters. The Bertz CT molecular complexity index is 878. The first-order valence-corrected chi connectivity index (χ1v) is 9.35. The number of para-hydroxylation sites is 1. The molecule has 3 aromatic rings. The van der Waals surface area contributed by atoms with E-state index in [1.54, 1.807) is 6.20 Å². The summed E-state index contributed by atoms with van der Waals surface area (Å²) in [5.41, 5.74) is 2.78. The molecule has 5 heteroatoms. The topological polar surface area (TPSA) is 69.8 Å². The van der Waals surface area contributed by atoms with E-state index in [0.717, 1.165) is 28.0 Å². The van der Waals surface area contributed by atoms with Gasteiger partial charge in [0.2, 0.25) is 5.91 Å². The van der Waals surface area contributed by atoms with Crippen LogP contribution in [0.25, 0.3) is 10.9 Å². The van der Waals surface area contributed by atoms with Crippen molar-refractivity contribution in [3.8, 4) is 0 Å². The first kappa shape index (κ1) is 16.6. The second-order valence-corrected chi connectivity index (χ2v) is 7.00. The van der Waals surface area contributed by atoms with Crippen LogP contribution in [-0.4, -0.2) is 21.9 Å². The van der Waals surface area contributed by atoms with Crippen molar-refractivity contribution in [2.75, 3.05) is 10.6 Å². The Hall–Kier alpha value is -2.82. The Morgan fingerprint density at radius 1 is 1.12 bits per heavy atom. The van der Waals surface area contributed by atoms with Crippen LogP contribution in [0.3, 0.4) is 0 Å². The first-order chi connectivity index (χ1) is 12.8. The van der Waals surface area contributed by atoms with Gasteiger partial charge in [-0.25, -0.2) is 4.98 Å². The highest BCUT2D eigenvalue weighted by Crippen LogP contribution is 2.22. The van der Waals surface area contributed by atoms with Gasteiger partial charge in [-0.1, -0.05) is 37.5 Å². The van der Waals surface area contributed by atoms with Crippen LogP contribution in [0.15, 0.2) is 48.8 Å². The van der Waals surface area contributed by atoms with E-state index in [-0.39, 0.29) is 5.91 Å². The zero-order chi connectivity index (χ0) is 17.8. The van der Waals surface area contributed by atoms with E-state index in [0.29, 0.717) is 12.5 Å². The highest BCUT2D eigenvalue weighted by atomic mass is 16.1. The van der Waals surface area contributed by atoms with Gasteiger partial charge in [0.1, 0.15) is 5.82 Å². The summed E-state index contributed by atoms with van der Waals surface area (Å²) in [6.07, 6.45) is 10.3. The van der Waals surface area contributed by atoms with E-state index in [1.807, 2.05) is 42.6 Å². The smallest absolute Gasteiger partial charge is 0.228 e. The zero-order valence-electron chi connectivity index (χ0n) is 14.8. The minimum absolute atomic E-state index is 0.0375. The maximum atomic E-state index is 12.4. The maximum Gasteiger partial charge on any atom is 0.228 e. The van der Waals surface area contributed by atoms with Crippen LogP contribution in [0, 0.1) is 0 Å². The molecule has 0 radical (unpaired) electrons. The van der Waals surface area contributed by atoms with Crippen molar-refractivity contribution in [2.45, 2.75) is 44.6 Å². The number of nitrogens with zero attached hydrogens (tertiary/aromatic N) is 1. The third kappa shape index (κ3) is 3.87. The first-order valence-electron chi connectivity index (χ1n) is 9.35. The third-order valence-corrected chi connectivity index (χ3v) is 5.03. The van der Waals surface area contributed by atoms with E-state index in [4.69, 9.17) is 0 Å². The van der Waals surface area contributed by atoms with Gasteiger partial charge in [0.15, 0.2) is 0 Å². The molecule has 1 aliphatic rings. The third-order valence-electron chi connectivity index (χ3n) is 5.03. The number of pyridine rings is 1. The molecule has 1 saturated carbocycles. The Labute approximate surface area is 153 Å². The molecular weight excluding hydrogens is 324 g/mol. The molecule has 5 nitrogen and oxygen atoms in total. The number of hydrogen-bond acceptors (Lipinski definition) is 3. The zero-order valence-corrected chi connectivity index (χ0v) is 14.8. The fraction of sp³-hybridized carbons (Fsp3) is 0.333. The average molecular weight is 348 g/mol. The summed E-state index contributed by atoms with van der Waals surface area (Å²) in [5, 5.41) is 7.51. The van der Waals surface area contributed by atoms with Crippen LogP contribution in [0.1, 0.15) is 37.7 Å². The number of benzene rings is 1. The van der Waals surface area contributed by atoms with E-state index < -0.39 is 0 Å². The molecule has 0 saturated heterocycles. The summed E-state index contributed by atoms with van der Waals surface area (Å²) < 4.78 is 0. The Balaban J connectivity index is 1.35. The van der Waals surface area contributed by atoms with E-state index >= 15 is 0 Å². The predicted molar refractivity (Wildman–Crippen MR) is 105 cm³/mol. The highest BCUT2D eigenvalue weighted by molar-refractivity contribution is 5.95. The standard InChI is InChI=1S/C21H24N4O/c26-21(12-15-13-22-19-9-5-4-8-18(15)19)25-17-10-11-20(23-14-17)24-16-6-2-1-3-7-16/h4-5,8-11,13-14,16,22H,1-3,6-7,12H2,(H,23,24)(H,25,26). The van der Waals surface area contributed by atoms with Gasteiger partial charge in [-0.15, -0.1) is 0 Å². The van der Waals surface area contributed by atoms with Gasteiger partial charge in [0.25, 0.3) is 0 Å². The van der Waals surface area contributed by atoms with Crippen LogP contribution in [0.2, 0.25) is 0 Å². The fourth-order valence-corrected chi connectivity index (χ4v) is 3.67. The molecule has 4 rings (SSSR count). The minimum Gasteiger partial charge on any atom is -0.367 e. The van der Waals surface area contributed by atoms with E-state index in [9.17, 15) is 4.79 Å². The van der Waals surface area contributed by atoms with Crippen molar-refractivity contribution in [1.29, 1.82) is 0 Å². The van der Waals surface area contributed by atoms with Gasteiger partial charge in [-0.3, -0.25) is 4.79 Å². The highest BCUT2D eigenvalue weighted by Gasteiger charge is 2.13. The summed E-state index contributed by atoms with van der Waals surface area (Å²) in [4.78, 5) is 20.0. The van der Waals surface area contributed by atoms with Crippen LogP contribution in [-0.2, 0) is 11.2 Å². The van der Waals surface area contributed by atoms with Crippen LogP contribution in [0.4, 0.5) is 11.5 Å². The van der Waals surface area contributed by atoms with Crippen molar-refractivity contribution in [3.63, 3.8) is 0 Å². The van der Waals surface area contributed by atoms with Crippen molar-refractivity contribution in [3.05, 3.63) is 54.4 Å². The van der Waals surface area contributed by atoms with Gasteiger partial charge < -0.3 is 15.6 Å². The van der Waals surface area contributed by atoms with Gasteiger partial charge in [0.05, 0.1) is 18.3 Å². The van der Waals surface area contributed by atoms with Crippen molar-refractivity contribution in [1.82, 2.24) is 9.97 Å². The molecular formula is C21H24N4O. The quantitative estimate of drug-likeness (QED) is 0.636. The molecule has 2 heterocycles. The molecule has 134 valence electrons.